The second-order valence-corrected chi connectivity index (χ2v) is 5.30. The van der Waals surface area contributed by atoms with Crippen molar-refractivity contribution in [1.29, 1.82) is 0 Å². The van der Waals surface area contributed by atoms with Gasteiger partial charge in [0.1, 0.15) is 0 Å². The van der Waals surface area contributed by atoms with Crippen LogP contribution < -0.4 is 5.43 Å². The van der Waals surface area contributed by atoms with Gasteiger partial charge < -0.3 is 4.90 Å². The Morgan fingerprint density at radius 2 is 2.05 bits per heavy atom. The average molecular weight is 295 g/mol. The normalized spacial score (nSPS) is 17.5. The minimum Gasteiger partial charge on any atom is -0.304 e. The third kappa shape index (κ3) is 4.59. The van der Waals surface area contributed by atoms with Crippen molar-refractivity contribution < 1.29 is 4.79 Å². The van der Waals surface area contributed by atoms with E-state index < -0.39 is 0 Å². The smallest absolute Gasteiger partial charge is 0.254 e. The fourth-order valence-electron chi connectivity index (χ4n) is 2.00. The van der Waals surface area contributed by atoms with Gasteiger partial charge in [0.2, 0.25) is 0 Å². The minimum absolute atomic E-state index is 0.0992. The topological polar surface area (TPSA) is 47.9 Å². The third-order valence-electron chi connectivity index (χ3n) is 3.26. The molecule has 1 aliphatic heterocycles. The van der Waals surface area contributed by atoms with Crippen molar-refractivity contribution in [2.45, 2.75) is 0 Å². The van der Waals surface area contributed by atoms with Gasteiger partial charge in [-0.25, -0.2) is 5.43 Å². The molecule has 1 aromatic carbocycles. The Morgan fingerprint density at radius 1 is 1.35 bits per heavy atom. The maximum atomic E-state index is 11.8. The van der Waals surface area contributed by atoms with Crippen molar-refractivity contribution in [3.8, 4) is 0 Å². The van der Waals surface area contributed by atoms with Gasteiger partial charge in [-0.15, -0.1) is 0 Å². The molecule has 1 aliphatic rings. The molecule has 20 heavy (non-hydrogen) atoms. The SMILES string of the molecule is CN1CCN(CC(=O)N/N=C\c2ccccc2Cl)CC1. The van der Waals surface area contributed by atoms with Crippen molar-refractivity contribution in [3.63, 3.8) is 0 Å². The Hall–Kier alpha value is -1.43. The van der Waals surface area contributed by atoms with Crippen molar-refractivity contribution in [3.05, 3.63) is 34.9 Å². The molecule has 0 aromatic heterocycles. The van der Waals surface area contributed by atoms with Crippen molar-refractivity contribution >= 4 is 23.7 Å². The number of carbonyl (C=O) groups is 1. The first kappa shape index (κ1) is 15.0. The molecule has 0 atom stereocenters. The summed E-state index contributed by atoms with van der Waals surface area (Å²) in [5.41, 5.74) is 3.32. The number of likely N-dealkylation sites (N-methyl/N-ethyl adjacent to an activating group) is 1. The van der Waals surface area contributed by atoms with E-state index in [0.29, 0.717) is 11.6 Å². The monoisotopic (exact) mass is 294 g/mol. The number of nitrogens with one attached hydrogen (secondary N) is 1. The lowest BCUT2D eigenvalue weighted by molar-refractivity contribution is -0.122. The van der Waals surface area contributed by atoms with E-state index in [4.69, 9.17) is 11.6 Å². The molecule has 1 saturated heterocycles. The predicted octanol–water partition coefficient (Wildman–Crippen LogP) is 1.04. The lowest BCUT2D eigenvalue weighted by Gasteiger charge is -2.31. The number of rotatable bonds is 4. The van der Waals surface area contributed by atoms with Crippen LogP contribution in [-0.4, -0.2) is 61.7 Å². The number of hydrogen-bond acceptors (Lipinski definition) is 4. The van der Waals surface area contributed by atoms with Gasteiger partial charge in [-0.2, -0.15) is 5.10 Å². The van der Waals surface area contributed by atoms with E-state index in [9.17, 15) is 4.79 Å². The van der Waals surface area contributed by atoms with E-state index >= 15 is 0 Å². The molecule has 2 rings (SSSR count). The van der Waals surface area contributed by atoms with Crippen LogP contribution in [-0.2, 0) is 4.79 Å². The molecule has 6 heteroatoms. The molecule has 0 spiro atoms. The molecule has 5 nitrogen and oxygen atoms in total. The van der Waals surface area contributed by atoms with E-state index in [1.807, 2.05) is 18.2 Å². The number of benzene rings is 1. The maximum absolute atomic E-state index is 11.8. The molecule has 1 N–H and O–H groups in total. The standard InChI is InChI=1S/C14H19ClN4O/c1-18-6-8-19(9-7-18)11-14(20)17-16-10-12-4-2-3-5-13(12)15/h2-5,10H,6-9,11H2,1H3,(H,17,20)/b16-10-. The van der Waals surface area contributed by atoms with Crippen LogP contribution in [0.2, 0.25) is 5.02 Å². The number of piperazine rings is 1. The van der Waals surface area contributed by atoms with Gasteiger partial charge in [0, 0.05) is 36.8 Å². The van der Waals surface area contributed by atoms with Crippen LogP contribution in [0.1, 0.15) is 5.56 Å². The van der Waals surface area contributed by atoms with Crippen LogP contribution in [0.3, 0.4) is 0 Å². The van der Waals surface area contributed by atoms with E-state index in [-0.39, 0.29) is 5.91 Å². The summed E-state index contributed by atoms with van der Waals surface area (Å²) < 4.78 is 0. The molecular weight excluding hydrogens is 276 g/mol. The first-order valence-electron chi connectivity index (χ1n) is 6.62. The van der Waals surface area contributed by atoms with Crippen molar-refractivity contribution in [2.24, 2.45) is 5.10 Å². The van der Waals surface area contributed by atoms with Gasteiger partial charge in [0.25, 0.3) is 5.91 Å². The molecule has 0 bridgehead atoms. The number of hydrogen-bond donors (Lipinski definition) is 1. The highest BCUT2D eigenvalue weighted by molar-refractivity contribution is 6.33. The molecule has 0 saturated carbocycles. The quantitative estimate of drug-likeness (QED) is 0.667. The Labute approximate surface area is 124 Å². The number of nitrogens with zero attached hydrogens (tertiary/aromatic N) is 3. The van der Waals surface area contributed by atoms with Gasteiger partial charge in [-0.3, -0.25) is 9.69 Å². The summed E-state index contributed by atoms with van der Waals surface area (Å²) in [6.07, 6.45) is 1.56. The third-order valence-corrected chi connectivity index (χ3v) is 3.61. The van der Waals surface area contributed by atoms with E-state index in [2.05, 4.69) is 27.4 Å². The van der Waals surface area contributed by atoms with Crippen molar-refractivity contribution in [2.75, 3.05) is 39.8 Å². The summed E-state index contributed by atoms with van der Waals surface area (Å²) in [4.78, 5) is 16.1. The van der Waals surface area contributed by atoms with Gasteiger partial charge in [-0.05, 0) is 13.1 Å². The number of halogens is 1. The van der Waals surface area contributed by atoms with E-state index in [1.165, 1.54) is 0 Å². The fraction of sp³-hybridized carbons (Fsp3) is 0.429. The first-order chi connectivity index (χ1) is 9.65. The molecule has 0 radical (unpaired) electrons. The van der Waals surface area contributed by atoms with E-state index in [0.717, 1.165) is 31.7 Å². The Bertz CT molecular complexity index is 484. The van der Waals surface area contributed by atoms with E-state index in [1.54, 1.807) is 12.3 Å². The highest BCUT2D eigenvalue weighted by Crippen LogP contribution is 2.11. The Morgan fingerprint density at radius 3 is 2.75 bits per heavy atom. The van der Waals surface area contributed by atoms with Crippen LogP contribution in [0.25, 0.3) is 0 Å². The summed E-state index contributed by atoms with van der Waals surface area (Å²) in [5.74, 6) is -0.0992. The average Bonchev–Trinajstić information content (AvgIpc) is 2.43. The zero-order valence-electron chi connectivity index (χ0n) is 11.6. The molecule has 0 aliphatic carbocycles. The molecule has 1 amide bonds. The van der Waals surface area contributed by atoms with Crippen LogP contribution in [0, 0.1) is 0 Å². The van der Waals surface area contributed by atoms with Gasteiger partial charge in [0.15, 0.2) is 0 Å². The second kappa shape index (κ2) is 7.38. The molecule has 108 valence electrons. The Kier molecular flexibility index (Phi) is 5.52. The lowest BCUT2D eigenvalue weighted by Crippen LogP contribution is -2.47. The highest BCUT2D eigenvalue weighted by Gasteiger charge is 2.15. The lowest BCUT2D eigenvalue weighted by atomic mass is 10.2. The van der Waals surface area contributed by atoms with Crippen LogP contribution in [0.4, 0.5) is 0 Å². The largest absolute Gasteiger partial charge is 0.304 e. The predicted molar refractivity (Wildman–Crippen MR) is 81.1 cm³/mol. The number of hydrazone groups is 1. The fourth-order valence-corrected chi connectivity index (χ4v) is 2.18. The number of amides is 1. The van der Waals surface area contributed by atoms with Crippen LogP contribution >= 0.6 is 11.6 Å². The minimum atomic E-state index is -0.0992. The first-order valence-corrected chi connectivity index (χ1v) is 7.00. The summed E-state index contributed by atoms with van der Waals surface area (Å²) in [7, 11) is 2.09. The molecule has 1 aromatic rings. The number of carbonyl (C=O) groups excluding carboxylic acids is 1. The maximum Gasteiger partial charge on any atom is 0.254 e. The molecule has 0 unspecified atom stereocenters. The second-order valence-electron chi connectivity index (χ2n) is 4.89. The van der Waals surface area contributed by atoms with Gasteiger partial charge >= 0.3 is 0 Å². The summed E-state index contributed by atoms with van der Waals surface area (Å²) in [6, 6.07) is 7.36. The Balaban J connectivity index is 1.76. The van der Waals surface area contributed by atoms with Gasteiger partial charge in [0.05, 0.1) is 12.8 Å². The van der Waals surface area contributed by atoms with Crippen molar-refractivity contribution in [1.82, 2.24) is 15.2 Å². The molecule has 1 fully saturated rings. The molecular formula is C14H19ClN4O. The summed E-state index contributed by atoms with van der Waals surface area (Å²) >= 11 is 5.99. The zero-order valence-corrected chi connectivity index (χ0v) is 12.3. The van der Waals surface area contributed by atoms with Crippen LogP contribution in [0.5, 0.6) is 0 Å². The zero-order chi connectivity index (χ0) is 14.4. The van der Waals surface area contributed by atoms with Crippen LogP contribution in [0.15, 0.2) is 29.4 Å². The summed E-state index contributed by atoms with van der Waals surface area (Å²) in [5, 5.41) is 4.55. The van der Waals surface area contributed by atoms with Gasteiger partial charge in [-0.1, -0.05) is 29.8 Å². The highest BCUT2D eigenvalue weighted by atomic mass is 35.5. The molecule has 1 heterocycles. The summed E-state index contributed by atoms with van der Waals surface area (Å²) in [6.45, 7) is 4.20.